The molecule has 0 rings (SSSR count). The third-order valence-electron chi connectivity index (χ3n) is 2.72. The van der Waals surface area contributed by atoms with Gasteiger partial charge in [0.25, 0.3) is 0 Å². The average molecular weight is 187 g/mol. The second-order valence-corrected chi connectivity index (χ2v) is 4.56. The molecular formula is C11H25NO. The lowest BCUT2D eigenvalue weighted by Crippen LogP contribution is -2.42. The number of hydrogen-bond acceptors (Lipinski definition) is 2. The van der Waals surface area contributed by atoms with Crippen molar-refractivity contribution in [2.75, 3.05) is 6.61 Å². The molecule has 2 unspecified atom stereocenters. The van der Waals surface area contributed by atoms with Crippen LogP contribution in [0, 0.1) is 11.8 Å². The lowest BCUT2D eigenvalue weighted by molar-refractivity contribution is 0.227. The van der Waals surface area contributed by atoms with E-state index < -0.39 is 0 Å². The third-order valence-corrected chi connectivity index (χ3v) is 2.72. The number of aliphatic hydroxyl groups excluding tert-OH is 1. The van der Waals surface area contributed by atoms with Crippen molar-refractivity contribution in [3.63, 3.8) is 0 Å². The van der Waals surface area contributed by atoms with E-state index in [0.717, 1.165) is 6.42 Å². The van der Waals surface area contributed by atoms with Crippen LogP contribution in [0.5, 0.6) is 0 Å². The molecule has 0 aliphatic heterocycles. The molecule has 0 aliphatic carbocycles. The minimum absolute atomic E-state index is 0.278. The molecule has 0 spiro atoms. The highest BCUT2D eigenvalue weighted by Gasteiger charge is 2.16. The summed E-state index contributed by atoms with van der Waals surface area (Å²) in [7, 11) is 0. The summed E-state index contributed by atoms with van der Waals surface area (Å²) in [5.74, 6) is 1.24. The first kappa shape index (κ1) is 12.9. The summed E-state index contributed by atoms with van der Waals surface area (Å²) in [6.07, 6.45) is 0.856. The lowest BCUT2D eigenvalue weighted by atomic mass is 9.98. The molecule has 0 heterocycles. The van der Waals surface area contributed by atoms with Crippen molar-refractivity contribution >= 4 is 0 Å². The summed E-state index contributed by atoms with van der Waals surface area (Å²) in [5.41, 5.74) is 0. The van der Waals surface area contributed by atoms with Crippen LogP contribution >= 0.6 is 0 Å². The topological polar surface area (TPSA) is 32.3 Å². The van der Waals surface area contributed by atoms with E-state index >= 15 is 0 Å². The molecule has 0 saturated carbocycles. The van der Waals surface area contributed by atoms with Gasteiger partial charge in [-0.3, -0.25) is 0 Å². The highest BCUT2D eigenvalue weighted by atomic mass is 16.3. The minimum atomic E-state index is 0.278. The van der Waals surface area contributed by atoms with Crippen molar-refractivity contribution in [1.82, 2.24) is 5.32 Å². The van der Waals surface area contributed by atoms with Gasteiger partial charge in [-0.25, -0.2) is 0 Å². The predicted octanol–water partition coefficient (Wildman–Crippen LogP) is 2.03. The van der Waals surface area contributed by atoms with Crippen LogP contribution in [0.3, 0.4) is 0 Å². The van der Waals surface area contributed by atoms with Crippen LogP contribution in [0.4, 0.5) is 0 Å². The van der Waals surface area contributed by atoms with Gasteiger partial charge in [-0.2, -0.15) is 0 Å². The van der Waals surface area contributed by atoms with E-state index in [-0.39, 0.29) is 6.61 Å². The van der Waals surface area contributed by atoms with Crippen molar-refractivity contribution in [3.8, 4) is 0 Å². The van der Waals surface area contributed by atoms with Gasteiger partial charge in [0, 0.05) is 18.7 Å². The summed E-state index contributed by atoms with van der Waals surface area (Å²) in [6, 6.07) is 0.973. The van der Waals surface area contributed by atoms with Gasteiger partial charge in [-0.05, 0) is 25.2 Å². The maximum Gasteiger partial charge on any atom is 0.0445 e. The van der Waals surface area contributed by atoms with Crippen LogP contribution in [0.25, 0.3) is 0 Å². The van der Waals surface area contributed by atoms with Crippen molar-refractivity contribution in [2.24, 2.45) is 11.8 Å². The molecule has 0 aromatic rings. The summed E-state index contributed by atoms with van der Waals surface area (Å²) < 4.78 is 0. The standard InChI is InChI=1S/C11H25NO/c1-8(2)10(5)12-11(6-7-13)9(3)4/h8-13H,6-7H2,1-5H3. The summed E-state index contributed by atoms with van der Waals surface area (Å²) >= 11 is 0. The van der Waals surface area contributed by atoms with E-state index in [0.29, 0.717) is 23.9 Å². The van der Waals surface area contributed by atoms with Crippen LogP contribution < -0.4 is 5.32 Å². The molecule has 2 N–H and O–H groups in total. The molecule has 0 aromatic heterocycles. The van der Waals surface area contributed by atoms with Gasteiger partial charge in [0.1, 0.15) is 0 Å². The van der Waals surface area contributed by atoms with Crippen LogP contribution in [0.15, 0.2) is 0 Å². The maximum absolute atomic E-state index is 8.90. The molecule has 0 aliphatic rings. The lowest BCUT2D eigenvalue weighted by Gasteiger charge is -2.28. The minimum Gasteiger partial charge on any atom is -0.396 e. The second-order valence-electron chi connectivity index (χ2n) is 4.56. The van der Waals surface area contributed by atoms with Crippen LogP contribution in [0.1, 0.15) is 41.0 Å². The number of hydrogen-bond donors (Lipinski definition) is 2. The van der Waals surface area contributed by atoms with E-state index in [1.807, 2.05) is 0 Å². The van der Waals surface area contributed by atoms with Crippen molar-refractivity contribution < 1.29 is 5.11 Å². The SMILES string of the molecule is CC(C)C(C)NC(CCO)C(C)C. The van der Waals surface area contributed by atoms with E-state index in [1.165, 1.54) is 0 Å². The first-order valence-electron chi connectivity index (χ1n) is 5.36. The Morgan fingerprint density at radius 2 is 1.54 bits per heavy atom. The van der Waals surface area contributed by atoms with E-state index in [2.05, 4.69) is 39.9 Å². The van der Waals surface area contributed by atoms with Crippen molar-refractivity contribution in [1.29, 1.82) is 0 Å². The molecule has 0 saturated heterocycles. The zero-order valence-electron chi connectivity index (χ0n) is 9.67. The molecule has 2 atom stereocenters. The number of rotatable bonds is 6. The summed E-state index contributed by atoms with van der Waals surface area (Å²) in [4.78, 5) is 0. The van der Waals surface area contributed by atoms with Crippen LogP contribution in [0.2, 0.25) is 0 Å². The second kappa shape index (κ2) is 6.39. The van der Waals surface area contributed by atoms with Crippen molar-refractivity contribution in [3.05, 3.63) is 0 Å². The Labute approximate surface area is 82.7 Å². The van der Waals surface area contributed by atoms with Gasteiger partial charge in [0.05, 0.1) is 0 Å². The molecule has 0 aromatic carbocycles. The molecule has 80 valence electrons. The molecule has 0 radical (unpaired) electrons. The summed E-state index contributed by atoms with van der Waals surface area (Å²) in [6.45, 7) is 11.3. The zero-order valence-corrected chi connectivity index (χ0v) is 9.67. The molecule has 0 amide bonds. The van der Waals surface area contributed by atoms with Gasteiger partial charge in [-0.1, -0.05) is 27.7 Å². The zero-order chi connectivity index (χ0) is 10.4. The molecule has 0 fully saturated rings. The average Bonchev–Trinajstić information content (AvgIpc) is 2.03. The van der Waals surface area contributed by atoms with Gasteiger partial charge < -0.3 is 10.4 Å². The normalized spacial score (nSPS) is 16.6. The monoisotopic (exact) mass is 187 g/mol. The Morgan fingerprint density at radius 3 is 1.85 bits per heavy atom. The smallest absolute Gasteiger partial charge is 0.0445 e. The predicted molar refractivity (Wildman–Crippen MR) is 57.8 cm³/mol. The molecule has 13 heavy (non-hydrogen) atoms. The third kappa shape index (κ3) is 5.27. The van der Waals surface area contributed by atoms with Gasteiger partial charge in [-0.15, -0.1) is 0 Å². The Morgan fingerprint density at radius 1 is 1.00 bits per heavy atom. The Bertz CT molecular complexity index is 123. The van der Waals surface area contributed by atoms with E-state index in [4.69, 9.17) is 5.11 Å². The Kier molecular flexibility index (Phi) is 6.35. The molecule has 2 nitrogen and oxygen atoms in total. The molecule has 2 heteroatoms. The van der Waals surface area contributed by atoms with Crippen LogP contribution in [-0.4, -0.2) is 23.8 Å². The molecule has 0 bridgehead atoms. The fraction of sp³-hybridized carbons (Fsp3) is 1.00. The fourth-order valence-electron chi connectivity index (χ4n) is 1.28. The summed E-state index contributed by atoms with van der Waals surface area (Å²) in [5, 5.41) is 12.5. The van der Waals surface area contributed by atoms with Gasteiger partial charge in [0.15, 0.2) is 0 Å². The quantitative estimate of drug-likeness (QED) is 0.667. The highest BCUT2D eigenvalue weighted by Crippen LogP contribution is 2.09. The first-order chi connectivity index (χ1) is 5.99. The van der Waals surface area contributed by atoms with E-state index in [1.54, 1.807) is 0 Å². The largest absolute Gasteiger partial charge is 0.396 e. The van der Waals surface area contributed by atoms with Crippen molar-refractivity contribution in [2.45, 2.75) is 53.1 Å². The Balaban J connectivity index is 3.94. The van der Waals surface area contributed by atoms with Gasteiger partial charge >= 0.3 is 0 Å². The Hall–Kier alpha value is -0.0800. The number of aliphatic hydroxyl groups is 1. The van der Waals surface area contributed by atoms with Gasteiger partial charge in [0.2, 0.25) is 0 Å². The number of nitrogens with one attached hydrogen (secondary N) is 1. The highest BCUT2D eigenvalue weighted by molar-refractivity contribution is 4.75. The van der Waals surface area contributed by atoms with Crippen LogP contribution in [-0.2, 0) is 0 Å². The fourth-order valence-corrected chi connectivity index (χ4v) is 1.28. The van der Waals surface area contributed by atoms with E-state index in [9.17, 15) is 0 Å². The maximum atomic E-state index is 8.90. The molecular weight excluding hydrogens is 162 g/mol. The first-order valence-corrected chi connectivity index (χ1v) is 5.36.